The average Bonchev–Trinajstić information content (AvgIpc) is 3.09. The zero-order valence-corrected chi connectivity index (χ0v) is 19.2. The van der Waals surface area contributed by atoms with E-state index in [0.29, 0.717) is 36.4 Å². The first-order valence-electron chi connectivity index (χ1n) is 10.4. The van der Waals surface area contributed by atoms with Crippen LogP contribution in [0.2, 0.25) is 0 Å². The third-order valence-electron chi connectivity index (χ3n) is 4.98. The molecule has 1 aromatic heterocycles. The molecule has 1 amide bonds. The van der Waals surface area contributed by atoms with Crippen LogP contribution in [0.15, 0.2) is 57.9 Å². The van der Waals surface area contributed by atoms with Crippen molar-refractivity contribution in [3.05, 3.63) is 65.4 Å². The van der Waals surface area contributed by atoms with Gasteiger partial charge in [-0.05, 0) is 68.7 Å². The van der Waals surface area contributed by atoms with Crippen molar-refractivity contribution in [1.82, 2.24) is 5.16 Å². The van der Waals surface area contributed by atoms with Crippen LogP contribution < -0.4 is 14.8 Å². The number of sulfonamides is 1. The van der Waals surface area contributed by atoms with Gasteiger partial charge >= 0.3 is 0 Å². The lowest BCUT2D eigenvalue weighted by Gasteiger charge is -2.09. The second kappa shape index (κ2) is 10.3. The van der Waals surface area contributed by atoms with E-state index in [1.807, 2.05) is 24.3 Å². The third-order valence-corrected chi connectivity index (χ3v) is 6.33. The Balaban J connectivity index is 1.47. The first-order chi connectivity index (χ1) is 15.3. The van der Waals surface area contributed by atoms with Crippen LogP contribution in [-0.2, 0) is 21.2 Å². The molecule has 9 heteroatoms. The molecule has 0 aliphatic heterocycles. The van der Waals surface area contributed by atoms with Crippen LogP contribution in [0.4, 0.5) is 11.6 Å². The van der Waals surface area contributed by atoms with Gasteiger partial charge in [-0.25, -0.2) is 13.1 Å². The molecule has 3 aromatic rings. The van der Waals surface area contributed by atoms with Crippen LogP contribution in [0.25, 0.3) is 0 Å². The molecule has 0 aliphatic rings. The molecule has 0 saturated heterocycles. The predicted molar refractivity (Wildman–Crippen MR) is 122 cm³/mol. The fourth-order valence-electron chi connectivity index (χ4n) is 2.88. The second-order valence-electron chi connectivity index (χ2n) is 7.35. The molecular weight excluding hydrogens is 430 g/mol. The number of aromatic nitrogens is 1. The van der Waals surface area contributed by atoms with Crippen molar-refractivity contribution in [3.63, 3.8) is 0 Å². The summed E-state index contributed by atoms with van der Waals surface area (Å²) in [6, 6.07) is 13.8. The Morgan fingerprint density at radius 1 is 1.06 bits per heavy atom. The normalized spacial score (nSPS) is 11.2. The number of nitrogens with zero attached hydrogens (tertiary/aromatic N) is 1. The summed E-state index contributed by atoms with van der Waals surface area (Å²) in [6.45, 7) is 5.97. The van der Waals surface area contributed by atoms with Crippen LogP contribution in [0.1, 0.15) is 36.6 Å². The molecule has 170 valence electrons. The van der Waals surface area contributed by atoms with Gasteiger partial charge in [0.15, 0.2) is 0 Å². The number of aryl methyl sites for hydroxylation is 2. The fourth-order valence-corrected chi connectivity index (χ4v) is 3.92. The second-order valence-corrected chi connectivity index (χ2v) is 9.03. The predicted octanol–water partition coefficient (Wildman–Crippen LogP) is 4.45. The quantitative estimate of drug-likeness (QED) is 0.435. The number of nitrogens with one attached hydrogen (secondary N) is 2. The van der Waals surface area contributed by atoms with Gasteiger partial charge in [-0.1, -0.05) is 24.2 Å². The van der Waals surface area contributed by atoms with Gasteiger partial charge in [0.2, 0.25) is 11.8 Å². The fraction of sp³-hybridized carbons (Fsp3) is 0.304. The van der Waals surface area contributed by atoms with Gasteiger partial charge in [0.25, 0.3) is 10.0 Å². The molecule has 0 radical (unpaired) electrons. The van der Waals surface area contributed by atoms with Crippen molar-refractivity contribution in [2.45, 2.75) is 44.9 Å². The van der Waals surface area contributed by atoms with E-state index in [-0.39, 0.29) is 16.7 Å². The highest BCUT2D eigenvalue weighted by molar-refractivity contribution is 7.92. The summed E-state index contributed by atoms with van der Waals surface area (Å²) in [6.07, 6.45) is 1.83. The zero-order chi connectivity index (χ0) is 23.1. The SMILES string of the molecule is CCc1ccc(OCCCC(=O)Nc2ccc(S(=O)(=O)Nc3onc(C)c3C)cc2)cc1. The minimum Gasteiger partial charge on any atom is -0.494 e. The van der Waals surface area contributed by atoms with Crippen LogP contribution >= 0.6 is 0 Å². The van der Waals surface area contributed by atoms with Gasteiger partial charge in [0, 0.05) is 17.7 Å². The highest BCUT2D eigenvalue weighted by Gasteiger charge is 2.19. The molecule has 0 atom stereocenters. The average molecular weight is 458 g/mol. The molecular formula is C23H27N3O5S. The van der Waals surface area contributed by atoms with Crippen molar-refractivity contribution in [2.75, 3.05) is 16.6 Å². The Morgan fingerprint density at radius 3 is 2.34 bits per heavy atom. The summed E-state index contributed by atoms with van der Waals surface area (Å²) >= 11 is 0. The summed E-state index contributed by atoms with van der Waals surface area (Å²) in [7, 11) is -3.83. The number of hydrogen-bond donors (Lipinski definition) is 2. The van der Waals surface area contributed by atoms with Crippen molar-refractivity contribution < 1.29 is 22.5 Å². The van der Waals surface area contributed by atoms with Gasteiger partial charge in [-0.3, -0.25) is 4.79 Å². The lowest BCUT2D eigenvalue weighted by molar-refractivity contribution is -0.116. The Bertz CT molecular complexity index is 1150. The lowest BCUT2D eigenvalue weighted by atomic mass is 10.2. The third kappa shape index (κ3) is 6.10. The van der Waals surface area contributed by atoms with Crippen molar-refractivity contribution >= 4 is 27.5 Å². The van der Waals surface area contributed by atoms with Gasteiger partial charge in [-0.2, -0.15) is 0 Å². The standard InChI is InChI=1S/C23H27N3O5S/c1-4-18-7-11-20(12-8-18)30-15-5-6-22(27)24-19-9-13-21(14-10-19)32(28,29)26-23-16(2)17(3)25-31-23/h7-14,26H,4-6,15H2,1-3H3,(H,24,27). The largest absolute Gasteiger partial charge is 0.494 e. The van der Waals surface area contributed by atoms with E-state index in [9.17, 15) is 13.2 Å². The maximum Gasteiger partial charge on any atom is 0.264 e. The monoisotopic (exact) mass is 457 g/mol. The lowest BCUT2D eigenvalue weighted by Crippen LogP contribution is -2.14. The number of hydrogen-bond acceptors (Lipinski definition) is 6. The molecule has 32 heavy (non-hydrogen) atoms. The minimum atomic E-state index is -3.83. The number of rotatable bonds is 10. The van der Waals surface area contributed by atoms with Gasteiger partial charge in [-0.15, -0.1) is 0 Å². The Morgan fingerprint density at radius 2 is 1.75 bits per heavy atom. The Labute approximate surface area is 188 Å². The summed E-state index contributed by atoms with van der Waals surface area (Å²) < 4.78 is 38.1. The molecule has 3 rings (SSSR count). The molecule has 0 unspecified atom stereocenters. The molecule has 0 spiro atoms. The van der Waals surface area contributed by atoms with E-state index in [2.05, 4.69) is 22.1 Å². The number of carbonyl (C=O) groups is 1. The minimum absolute atomic E-state index is 0.0476. The molecule has 0 bridgehead atoms. The first-order valence-corrected chi connectivity index (χ1v) is 11.8. The highest BCUT2D eigenvalue weighted by atomic mass is 32.2. The number of carbonyl (C=O) groups excluding carboxylic acids is 1. The van der Waals surface area contributed by atoms with Crippen LogP contribution in [0, 0.1) is 13.8 Å². The van der Waals surface area contributed by atoms with Crippen molar-refractivity contribution in [2.24, 2.45) is 0 Å². The topological polar surface area (TPSA) is 111 Å². The Hall–Kier alpha value is -3.33. The number of amides is 1. The maximum atomic E-state index is 12.5. The van der Waals surface area contributed by atoms with Crippen molar-refractivity contribution in [3.8, 4) is 5.75 Å². The molecule has 2 aromatic carbocycles. The van der Waals surface area contributed by atoms with E-state index in [0.717, 1.165) is 12.2 Å². The van der Waals surface area contributed by atoms with E-state index in [1.165, 1.54) is 29.8 Å². The Kier molecular flexibility index (Phi) is 7.53. The molecule has 0 aliphatic carbocycles. The summed E-state index contributed by atoms with van der Waals surface area (Å²) in [5.41, 5.74) is 2.99. The van der Waals surface area contributed by atoms with Crippen molar-refractivity contribution in [1.29, 1.82) is 0 Å². The van der Waals surface area contributed by atoms with Gasteiger partial charge in [0.1, 0.15) is 5.75 Å². The van der Waals surface area contributed by atoms with Crippen LogP contribution in [-0.4, -0.2) is 26.1 Å². The van der Waals surface area contributed by atoms with Gasteiger partial charge in [0.05, 0.1) is 17.2 Å². The number of benzene rings is 2. The molecule has 2 N–H and O–H groups in total. The first kappa shape index (κ1) is 23.3. The molecule has 0 saturated carbocycles. The number of anilines is 2. The molecule has 1 heterocycles. The smallest absolute Gasteiger partial charge is 0.264 e. The zero-order valence-electron chi connectivity index (χ0n) is 18.3. The van der Waals surface area contributed by atoms with E-state index < -0.39 is 10.0 Å². The van der Waals surface area contributed by atoms with E-state index in [1.54, 1.807) is 13.8 Å². The van der Waals surface area contributed by atoms with Gasteiger partial charge < -0.3 is 14.6 Å². The summed E-state index contributed by atoms with van der Waals surface area (Å²) in [4.78, 5) is 12.2. The molecule has 8 nitrogen and oxygen atoms in total. The highest BCUT2D eigenvalue weighted by Crippen LogP contribution is 2.22. The molecule has 0 fully saturated rings. The van der Waals surface area contributed by atoms with Crippen LogP contribution in [0.5, 0.6) is 5.75 Å². The number of ether oxygens (including phenoxy) is 1. The van der Waals surface area contributed by atoms with E-state index in [4.69, 9.17) is 9.26 Å². The summed E-state index contributed by atoms with van der Waals surface area (Å²) in [5, 5.41) is 6.50. The maximum absolute atomic E-state index is 12.5. The van der Waals surface area contributed by atoms with E-state index >= 15 is 0 Å². The van der Waals surface area contributed by atoms with Crippen LogP contribution in [0.3, 0.4) is 0 Å². The summed E-state index contributed by atoms with van der Waals surface area (Å²) in [5.74, 6) is 0.698.